The van der Waals surface area contributed by atoms with E-state index >= 15 is 0 Å². The predicted octanol–water partition coefficient (Wildman–Crippen LogP) is 1.72. The van der Waals surface area contributed by atoms with Gasteiger partial charge in [0.05, 0.1) is 11.9 Å². The maximum Gasteiger partial charge on any atom is 0.229 e. The Labute approximate surface area is 95.4 Å². The minimum Gasteiger partial charge on any atom is -0.505 e. The zero-order valence-electron chi connectivity index (χ0n) is 9.10. The molecule has 1 aromatic carbocycles. The highest BCUT2D eigenvalue weighted by molar-refractivity contribution is 7.92. The SMILES string of the molecule is CS(=O)(=O)Nc1cccc(CC2CC2)c1O. The number of nitrogens with one attached hydrogen (secondary N) is 1. The third-order valence-corrected chi connectivity index (χ3v) is 3.21. The molecule has 0 unspecified atom stereocenters. The summed E-state index contributed by atoms with van der Waals surface area (Å²) in [6, 6.07) is 5.15. The lowest BCUT2D eigenvalue weighted by atomic mass is 10.1. The van der Waals surface area contributed by atoms with Crippen molar-refractivity contribution in [3.05, 3.63) is 23.8 Å². The third-order valence-electron chi connectivity index (χ3n) is 2.62. The minimum atomic E-state index is -3.34. The van der Waals surface area contributed by atoms with Crippen LogP contribution >= 0.6 is 0 Å². The molecule has 0 aliphatic heterocycles. The molecule has 0 spiro atoms. The van der Waals surface area contributed by atoms with Crippen molar-refractivity contribution in [1.29, 1.82) is 0 Å². The van der Waals surface area contributed by atoms with Gasteiger partial charge in [0, 0.05) is 0 Å². The summed E-state index contributed by atoms with van der Waals surface area (Å²) in [4.78, 5) is 0. The van der Waals surface area contributed by atoms with Crippen molar-refractivity contribution in [2.75, 3.05) is 11.0 Å². The minimum absolute atomic E-state index is 0.0554. The number of aromatic hydroxyl groups is 1. The maximum absolute atomic E-state index is 11.1. The van der Waals surface area contributed by atoms with Gasteiger partial charge < -0.3 is 5.11 Å². The summed E-state index contributed by atoms with van der Waals surface area (Å²) < 4.78 is 24.5. The van der Waals surface area contributed by atoms with E-state index in [0.29, 0.717) is 5.92 Å². The van der Waals surface area contributed by atoms with Crippen molar-refractivity contribution in [3.8, 4) is 5.75 Å². The number of rotatable bonds is 4. The quantitative estimate of drug-likeness (QED) is 0.789. The lowest BCUT2D eigenvalue weighted by Gasteiger charge is -2.10. The lowest BCUT2D eigenvalue weighted by Crippen LogP contribution is -2.10. The van der Waals surface area contributed by atoms with Crippen LogP contribution in [-0.4, -0.2) is 19.8 Å². The van der Waals surface area contributed by atoms with Crippen molar-refractivity contribution in [3.63, 3.8) is 0 Å². The fourth-order valence-corrected chi connectivity index (χ4v) is 2.24. The fraction of sp³-hybridized carbons (Fsp3) is 0.455. The molecule has 0 bridgehead atoms. The van der Waals surface area contributed by atoms with Gasteiger partial charge in [-0.05, 0) is 36.8 Å². The van der Waals surface area contributed by atoms with E-state index in [9.17, 15) is 13.5 Å². The molecule has 0 amide bonds. The summed E-state index contributed by atoms with van der Waals surface area (Å²) in [5.41, 5.74) is 1.08. The van der Waals surface area contributed by atoms with Gasteiger partial charge in [-0.1, -0.05) is 12.1 Å². The molecular formula is C11H15NO3S. The van der Waals surface area contributed by atoms with E-state index in [1.807, 2.05) is 6.07 Å². The molecule has 2 N–H and O–H groups in total. The van der Waals surface area contributed by atoms with E-state index in [-0.39, 0.29) is 11.4 Å². The Kier molecular flexibility index (Phi) is 2.80. The molecule has 5 heteroatoms. The summed E-state index contributed by atoms with van der Waals surface area (Å²) in [6.45, 7) is 0. The summed E-state index contributed by atoms with van der Waals surface area (Å²) >= 11 is 0. The molecule has 1 aromatic rings. The second-order valence-corrected chi connectivity index (χ2v) is 6.08. The van der Waals surface area contributed by atoms with Gasteiger partial charge in [0.15, 0.2) is 0 Å². The standard InChI is InChI=1S/C11H15NO3S/c1-16(14,15)12-10-4-2-3-9(11(10)13)7-8-5-6-8/h2-4,8,12-13H,5-7H2,1H3. The molecule has 0 aromatic heterocycles. The molecular weight excluding hydrogens is 226 g/mol. The van der Waals surface area contributed by atoms with Crippen molar-refractivity contribution in [1.82, 2.24) is 0 Å². The summed E-state index contributed by atoms with van der Waals surface area (Å²) in [6.07, 6.45) is 4.29. The van der Waals surface area contributed by atoms with Crippen molar-refractivity contribution in [2.45, 2.75) is 19.3 Å². The summed E-state index contributed by atoms with van der Waals surface area (Å²) in [5.74, 6) is 0.708. The van der Waals surface area contributed by atoms with Crippen LogP contribution in [0.5, 0.6) is 5.75 Å². The zero-order chi connectivity index (χ0) is 11.8. The number of phenols is 1. The largest absolute Gasteiger partial charge is 0.505 e. The van der Waals surface area contributed by atoms with Gasteiger partial charge in [0.25, 0.3) is 0 Å². The molecule has 0 heterocycles. The van der Waals surface area contributed by atoms with Crippen LogP contribution in [0.4, 0.5) is 5.69 Å². The number of sulfonamides is 1. The topological polar surface area (TPSA) is 66.4 Å². The number of phenolic OH excluding ortho intramolecular Hbond substituents is 1. The monoisotopic (exact) mass is 241 g/mol. The van der Waals surface area contributed by atoms with Crippen molar-refractivity contribution >= 4 is 15.7 Å². The molecule has 1 aliphatic carbocycles. The van der Waals surface area contributed by atoms with Gasteiger partial charge >= 0.3 is 0 Å². The van der Waals surface area contributed by atoms with Crippen LogP contribution in [0.3, 0.4) is 0 Å². The van der Waals surface area contributed by atoms with Crippen LogP contribution in [-0.2, 0) is 16.4 Å². The first-order valence-corrected chi connectivity index (χ1v) is 7.13. The van der Waals surface area contributed by atoms with Gasteiger partial charge in [0.2, 0.25) is 10.0 Å². The van der Waals surface area contributed by atoms with E-state index in [0.717, 1.165) is 18.2 Å². The molecule has 2 rings (SSSR count). The number of hydrogen-bond donors (Lipinski definition) is 2. The third kappa shape index (κ3) is 2.88. The number of benzene rings is 1. The highest BCUT2D eigenvalue weighted by Gasteiger charge is 2.23. The molecule has 16 heavy (non-hydrogen) atoms. The second kappa shape index (κ2) is 3.97. The highest BCUT2D eigenvalue weighted by Crippen LogP contribution is 2.37. The van der Waals surface area contributed by atoms with E-state index in [2.05, 4.69) is 4.72 Å². The van der Waals surface area contributed by atoms with Crippen LogP contribution in [0, 0.1) is 5.92 Å². The smallest absolute Gasteiger partial charge is 0.229 e. The number of anilines is 1. The van der Waals surface area contributed by atoms with Crippen molar-refractivity contribution < 1.29 is 13.5 Å². The van der Waals surface area contributed by atoms with Gasteiger partial charge in [-0.3, -0.25) is 4.72 Å². The van der Waals surface area contributed by atoms with Crippen LogP contribution in [0.15, 0.2) is 18.2 Å². The highest BCUT2D eigenvalue weighted by atomic mass is 32.2. The van der Waals surface area contributed by atoms with E-state index in [1.54, 1.807) is 12.1 Å². The first-order chi connectivity index (χ1) is 7.46. The molecule has 88 valence electrons. The first kappa shape index (κ1) is 11.3. The van der Waals surface area contributed by atoms with Crippen molar-refractivity contribution in [2.24, 2.45) is 5.92 Å². The van der Waals surface area contributed by atoms with Crippen LogP contribution in [0.1, 0.15) is 18.4 Å². The Balaban J connectivity index is 2.24. The summed E-state index contributed by atoms with van der Waals surface area (Å²) in [5, 5.41) is 9.90. The Morgan fingerprint density at radius 3 is 2.69 bits per heavy atom. The molecule has 4 nitrogen and oxygen atoms in total. The number of para-hydroxylation sites is 1. The van der Waals surface area contributed by atoms with E-state index < -0.39 is 10.0 Å². The van der Waals surface area contributed by atoms with Gasteiger partial charge in [0.1, 0.15) is 5.75 Å². The maximum atomic E-state index is 11.1. The van der Waals surface area contributed by atoms with Crippen LogP contribution < -0.4 is 4.72 Å². The molecule has 0 atom stereocenters. The molecule has 0 radical (unpaired) electrons. The Hall–Kier alpha value is -1.23. The van der Waals surface area contributed by atoms with Crippen LogP contribution in [0.2, 0.25) is 0 Å². The average Bonchev–Trinajstić information content (AvgIpc) is 2.93. The Morgan fingerprint density at radius 1 is 1.44 bits per heavy atom. The van der Waals surface area contributed by atoms with Crippen LogP contribution in [0.25, 0.3) is 0 Å². The van der Waals surface area contributed by atoms with Gasteiger partial charge in [-0.2, -0.15) is 0 Å². The summed E-state index contributed by atoms with van der Waals surface area (Å²) in [7, 11) is -3.34. The Bertz CT molecular complexity index is 492. The molecule has 0 saturated heterocycles. The molecule has 1 fully saturated rings. The van der Waals surface area contributed by atoms with E-state index in [4.69, 9.17) is 0 Å². The normalized spacial score (nSPS) is 16.1. The number of hydrogen-bond acceptors (Lipinski definition) is 3. The molecule has 1 saturated carbocycles. The second-order valence-electron chi connectivity index (χ2n) is 4.34. The first-order valence-electron chi connectivity index (χ1n) is 5.24. The fourth-order valence-electron chi connectivity index (χ4n) is 1.67. The Morgan fingerprint density at radius 2 is 2.12 bits per heavy atom. The zero-order valence-corrected chi connectivity index (χ0v) is 9.92. The molecule has 1 aliphatic rings. The predicted molar refractivity (Wildman–Crippen MR) is 63.0 cm³/mol. The van der Waals surface area contributed by atoms with E-state index in [1.165, 1.54) is 12.8 Å². The average molecular weight is 241 g/mol. The van der Waals surface area contributed by atoms with Gasteiger partial charge in [-0.25, -0.2) is 8.42 Å². The van der Waals surface area contributed by atoms with Gasteiger partial charge in [-0.15, -0.1) is 0 Å². The lowest BCUT2D eigenvalue weighted by molar-refractivity contribution is 0.469.